The predicted molar refractivity (Wildman–Crippen MR) is 96.0 cm³/mol. The van der Waals surface area contributed by atoms with E-state index in [4.69, 9.17) is 9.15 Å². The van der Waals surface area contributed by atoms with Crippen molar-refractivity contribution < 1.29 is 13.9 Å². The summed E-state index contributed by atoms with van der Waals surface area (Å²) < 4.78 is 10.6. The first kappa shape index (κ1) is 16.6. The molecule has 1 aliphatic rings. The average Bonchev–Trinajstić information content (AvgIpc) is 3.02. The number of hydrogen-bond acceptors (Lipinski definition) is 6. The highest BCUT2D eigenvalue weighted by Gasteiger charge is 2.23. The lowest BCUT2D eigenvalue weighted by Gasteiger charge is -2.33. The summed E-state index contributed by atoms with van der Waals surface area (Å²) in [5, 5.41) is 0.835. The number of H-pyrrole nitrogens is 1. The van der Waals surface area contributed by atoms with Crippen LogP contribution in [0.25, 0.3) is 22.1 Å². The molecule has 26 heavy (non-hydrogen) atoms. The summed E-state index contributed by atoms with van der Waals surface area (Å²) in [6.07, 6.45) is -0.273. The Labute approximate surface area is 149 Å². The van der Waals surface area contributed by atoms with Crippen molar-refractivity contribution in [2.75, 3.05) is 32.8 Å². The Morgan fingerprint density at radius 2 is 2.04 bits per heavy atom. The molecule has 8 heteroatoms. The van der Waals surface area contributed by atoms with Crippen molar-refractivity contribution in [2.45, 2.75) is 13.5 Å². The molecular formula is C18H20N4O4. The summed E-state index contributed by atoms with van der Waals surface area (Å²) in [6.45, 7) is 5.29. The summed E-state index contributed by atoms with van der Waals surface area (Å²) in [4.78, 5) is 35.4. The van der Waals surface area contributed by atoms with Gasteiger partial charge in [-0.3, -0.25) is 9.69 Å². The maximum Gasteiger partial charge on any atom is 0.409 e. The number of piperazine rings is 1. The number of aromatic nitrogens is 2. The van der Waals surface area contributed by atoms with Crippen molar-refractivity contribution in [1.82, 2.24) is 19.8 Å². The smallest absolute Gasteiger partial charge is 0.409 e. The van der Waals surface area contributed by atoms with E-state index in [0.29, 0.717) is 56.3 Å². The van der Waals surface area contributed by atoms with Crippen molar-refractivity contribution >= 4 is 28.2 Å². The second-order valence-electron chi connectivity index (χ2n) is 6.25. The molecule has 4 rings (SSSR count). The number of carbonyl (C=O) groups is 1. The Balaban J connectivity index is 1.52. The fourth-order valence-corrected chi connectivity index (χ4v) is 3.24. The molecule has 2 aromatic heterocycles. The molecule has 8 nitrogen and oxygen atoms in total. The van der Waals surface area contributed by atoms with Crippen LogP contribution in [-0.2, 0) is 11.3 Å². The van der Waals surface area contributed by atoms with Crippen LogP contribution in [0.3, 0.4) is 0 Å². The van der Waals surface area contributed by atoms with Crippen LogP contribution in [0.2, 0.25) is 0 Å². The van der Waals surface area contributed by atoms with E-state index >= 15 is 0 Å². The Hall–Kier alpha value is -2.87. The molecule has 0 spiro atoms. The molecule has 1 saturated heterocycles. The van der Waals surface area contributed by atoms with E-state index in [1.165, 1.54) is 0 Å². The highest BCUT2D eigenvalue weighted by Crippen LogP contribution is 2.24. The zero-order valence-electron chi connectivity index (χ0n) is 14.5. The molecule has 1 amide bonds. The largest absolute Gasteiger partial charge is 0.450 e. The number of nitrogens with zero attached hydrogens (tertiary/aromatic N) is 3. The van der Waals surface area contributed by atoms with Crippen LogP contribution in [0.1, 0.15) is 12.7 Å². The molecule has 1 N–H and O–H groups in total. The number of nitrogens with one attached hydrogen (secondary N) is 1. The molecule has 0 radical (unpaired) electrons. The molecule has 3 heterocycles. The number of ether oxygens (including phenoxy) is 1. The maximum atomic E-state index is 12.3. The van der Waals surface area contributed by atoms with Crippen LogP contribution in [0.5, 0.6) is 0 Å². The van der Waals surface area contributed by atoms with E-state index in [2.05, 4.69) is 14.9 Å². The molecular weight excluding hydrogens is 336 g/mol. The minimum Gasteiger partial charge on any atom is -0.450 e. The van der Waals surface area contributed by atoms with Crippen LogP contribution in [0.15, 0.2) is 33.5 Å². The first-order valence-electron chi connectivity index (χ1n) is 8.70. The van der Waals surface area contributed by atoms with Crippen molar-refractivity contribution in [1.29, 1.82) is 0 Å². The number of furan rings is 1. The van der Waals surface area contributed by atoms with Gasteiger partial charge in [-0.2, -0.15) is 0 Å². The lowest BCUT2D eigenvalue weighted by Crippen LogP contribution is -2.48. The Kier molecular flexibility index (Phi) is 4.34. The Morgan fingerprint density at radius 1 is 1.27 bits per heavy atom. The second-order valence-corrected chi connectivity index (χ2v) is 6.25. The van der Waals surface area contributed by atoms with E-state index in [-0.39, 0.29) is 17.2 Å². The summed E-state index contributed by atoms with van der Waals surface area (Å²) in [7, 11) is 0. The first-order chi connectivity index (χ1) is 12.7. The SMILES string of the molecule is CCOC(=O)N1CCN(Cc2nc3c(oc4ccccc43)c(=O)[nH]2)CC1. The Morgan fingerprint density at radius 3 is 2.81 bits per heavy atom. The molecule has 0 aliphatic carbocycles. The molecule has 1 aromatic carbocycles. The molecule has 0 atom stereocenters. The average molecular weight is 356 g/mol. The number of fused-ring (bicyclic) bond motifs is 3. The number of hydrogen-bond donors (Lipinski definition) is 1. The molecule has 0 saturated carbocycles. The maximum absolute atomic E-state index is 12.3. The van der Waals surface area contributed by atoms with Gasteiger partial charge in [0.25, 0.3) is 5.56 Å². The van der Waals surface area contributed by atoms with E-state index < -0.39 is 0 Å². The summed E-state index contributed by atoms with van der Waals surface area (Å²) in [5.41, 5.74) is 1.22. The van der Waals surface area contributed by atoms with Crippen molar-refractivity contribution in [3.63, 3.8) is 0 Å². The van der Waals surface area contributed by atoms with Gasteiger partial charge in [0.15, 0.2) is 0 Å². The standard InChI is InChI=1S/C18H20N4O4/c1-2-25-18(24)22-9-7-21(8-10-22)11-14-19-15-12-5-3-4-6-13(12)26-16(15)17(23)20-14/h3-6H,2,7-11H2,1H3,(H,19,20,23). The highest BCUT2D eigenvalue weighted by molar-refractivity contribution is 6.01. The van der Waals surface area contributed by atoms with Gasteiger partial charge >= 0.3 is 6.09 Å². The third kappa shape index (κ3) is 3.03. The lowest BCUT2D eigenvalue weighted by atomic mass is 10.2. The first-order valence-corrected chi connectivity index (χ1v) is 8.70. The third-order valence-electron chi connectivity index (χ3n) is 4.55. The van der Waals surface area contributed by atoms with Crippen molar-refractivity contribution in [3.05, 3.63) is 40.4 Å². The highest BCUT2D eigenvalue weighted by atomic mass is 16.6. The van der Waals surface area contributed by atoms with Gasteiger partial charge in [0, 0.05) is 31.6 Å². The van der Waals surface area contributed by atoms with Crippen LogP contribution in [-0.4, -0.2) is 58.6 Å². The van der Waals surface area contributed by atoms with E-state index in [0.717, 1.165) is 5.39 Å². The van der Waals surface area contributed by atoms with Crippen LogP contribution < -0.4 is 5.56 Å². The summed E-state index contributed by atoms with van der Waals surface area (Å²) in [6, 6.07) is 7.48. The van der Waals surface area contributed by atoms with Gasteiger partial charge in [0.2, 0.25) is 5.58 Å². The fourth-order valence-electron chi connectivity index (χ4n) is 3.24. The zero-order chi connectivity index (χ0) is 18.1. The third-order valence-corrected chi connectivity index (χ3v) is 4.55. The molecule has 1 aliphatic heterocycles. The number of amides is 1. The fraction of sp³-hybridized carbons (Fsp3) is 0.389. The van der Waals surface area contributed by atoms with Crippen molar-refractivity contribution in [2.24, 2.45) is 0 Å². The molecule has 3 aromatic rings. The van der Waals surface area contributed by atoms with Crippen LogP contribution >= 0.6 is 0 Å². The van der Waals surface area contributed by atoms with Gasteiger partial charge in [0.1, 0.15) is 16.9 Å². The number of rotatable bonds is 3. The summed E-state index contributed by atoms with van der Waals surface area (Å²) in [5.74, 6) is 0.596. The lowest BCUT2D eigenvalue weighted by molar-refractivity contribution is 0.0772. The number of para-hydroxylation sites is 1. The monoisotopic (exact) mass is 356 g/mol. The number of benzene rings is 1. The topological polar surface area (TPSA) is 91.7 Å². The molecule has 1 fully saturated rings. The molecule has 136 valence electrons. The Bertz CT molecular complexity index is 1000. The number of carbonyl (C=O) groups excluding carboxylic acids is 1. The zero-order valence-corrected chi connectivity index (χ0v) is 14.5. The van der Waals surface area contributed by atoms with E-state index in [1.807, 2.05) is 24.3 Å². The molecule has 0 unspecified atom stereocenters. The van der Waals surface area contributed by atoms with Crippen molar-refractivity contribution in [3.8, 4) is 0 Å². The van der Waals surface area contributed by atoms with E-state index in [1.54, 1.807) is 11.8 Å². The van der Waals surface area contributed by atoms with Gasteiger partial charge in [-0.25, -0.2) is 9.78 Å². The van der Waals surface area contributed by atoms with E-state index in [9.17, 15) is 9.59 Å². The van der Waals surface area contributed by atoms with Gasteiger partial charge in [-0.05, 0) is 19.1 Å². The summed E-state index contributed by atoms with van der Waals surface area (Å²) >= 11 is 0. The number of aromatic amines is 1. The normalized spacial score (nSPS) is 15.7. The van der Waals surface area contributed by atoms with Gasteiger partial charge in [0.05, 0.1) is 13.2 Å². The predicted octanol–water partition coefficient (Wildman–Crippen LogP) is 1.94. The van der Waals surface area contributed by atoms with Gasteiger partial charge in [-0.15, -0.1) is 0 Å². The van der Waals surface area contributed by atoms with Crippen LogP contribution in [0, 0.1) is 0 Å². The van der Waals surface area contributed by atoms with Crippen LogP contribution in [0.4, 0.5) is 4.79 Å². The van der Waals surface area contributed by atoms with Gasteiger partial charge < -0.3 is 19.0 Å². The molecule has 0 bridgehead atoms. The minimum atomic E-state index is -0.273. The van der Waals surface area contributed by atoms with Gasteiger partial charge in [-0.1, -0.05) is 12.1 Å². The minimum absolute atomic E-state index is 0.252. The quantitative estimate of drug-likeness (QED) is 0.771. The second kappa shape index (κ2) is 6.80.